The molecule has 3 rings (SSSR count). The Bertz CT molecular complexity index is 755. The molecule has 0 bridgehead atoms. The third-order valence-electron chi connectivity index (χ3n) is 4.83. The third-order valence-corrected chi connectivity index (χ3v) is 4.83. The first-order chi connectivity index (χ1) is 13.1. The van der Waals surface area contributed by atoms with Crippen LogP contribution >= 0.6 is 0 Å². The fourth-order valence-corrected chi connectivity index (χ4v) is 3.24. The molecule has 1 fully saturated rings. The number of rotatable bonds is 7. The number of nitrogens with zero attached hydrogens (tertiary/aromatic N) is 2. The zero-order valence-corrected chi connectivity index (χ0v) is 16.3. The predicted octanol–water partition coefficient (Wildman–Crippen LogP) is 3.54. The number of hydrogen-bond donors (Lipinski definition) is 1. The maximum atomic E-state index is 12.4. The third kappa shape index (κ3) is 5.73. The van der Waals surface area contributed by atoms with Crippen LogP contribution < -0.4 is 15.0 Å². The van der Waals surface area contributed by atoms with Gasteiger partial charge in [-0.1, -0.05) is 24.3 Å². The van der Waals surface area contributed by atoms with Crippen molar-refractivity contribution in [3.8, 4) is 5.75 Å². The van der Waals surface area contributed by atoms with Crippen LogP contribution in [0.1, 0.15) is 18.4 Å². The summed E-state index contributed by atoms with van der Waals surface area (Å²) in [7, 11) is 2.14. The van der Waals surface area contributed by atoms with Crippen LogP contribution in [-0.2, 0) is 4.79 Å². The number of carbonyl (C=O) groups excluding carboxylic acids is 1. The van der Waals surface area contributed by atoms with Crippen molar-refractivity contribution in [3.63, 3.8) is 0 Å². The van der Waals surface area contributed by atoms with E-state index in [0.29, 0.717) is 19.4 Å². The maximum absolute atomic E-state index is 12.4. The second-order valence-electron chi connectivity index (χ2n) is 7.12. The fraction of sp³-hybridized carbons (Fsp3) is 0.409. The van der Waals surface area contributed by atoms with E-state index in [0.717, 1.165) is 43.3 Å². The van der Waals surface area contributed by atoms with E-state index >= 15 is 0 Å². The normalized spacial score (nSPS) is 14.8. The molecular weight excluding hydrogens is 338 g/mol. The number of ether oxygens (including phenoxy) is 1. The smallest absolute Gasteiger partial charge is 0.224 e. The molecule has 5 heteroatoms. The molecule has 0 unspecified atom stereocenters. The van der Waals surface area contributed by atoms with Gasteiger partial charge in [-0.2, -0.15) is 0 Å². The number of hydrogen-bond acceptors (Lipinski definition) is 4. The zero-order chi connectivity index (χ0) is 19.1. The van der Waals surface area contributed by atoms with E-state index in [1.807, 2.05) is 49.4 Å². The highest BCUT2D eigenvalue weighted by Crippen LogP contribution is 2.26. The highest BCUT2D eigenvalue weighted by Gasteiger charge is 2.17. The van der Waals surface area contributed by atoms with Crippen LogP contribution in [0.25, 0.3) is 0 Å². The number of aryl methyl sites for hydroxylation is 1. The van der Waals surface area contributed by atoms with Crippen molar-refractivity contribution in [2.75, 3.05) is 50.1 Å². The van der Waals surface area contributed by atoms with Crippen molar-refractivity contribution in [3.05, 3.63) is 54.1 Å². The van der Waals surface area contributed by atoms with E-state index in [-0.39, 0.29) is 5.91 Å². The van der Waals surface area contributed by atoms with Gasteiger partial charge in [0.05, 0.1) is 18.0 Å². The Kier molecular flexibility index (Phi) is 6.71. The SMILES string of the molecule is Cc1cccc(OCCCC(=O)Nc2ccccc2N2CCN(C)CC2)c1. The van der Waals surface area contributed by atoms with Gasteiger partial charge in [0.2, 0.25) is 5.91 Å². The fourth-order valence-electron chi connectivity index (χ4n) is 3.24. The van der Waals surface area contributed by atoms with Crippen LogP contribution in [0.5, 0.6) is 5.75 Å². The summed E-state index contributed by atoms with van der Waals surface area (Å²) in [6.07, 6.45) is 1.14. The molecule has 1 saturated heterocycles. The van der Waals surface area contributed by atoms with Crippen molar-refractivity contribution in [1.82, 2.24) is 4.90 Å². The van der Waals surface area contributed by atoms with Gasteiger partial charge in [-0.25, -0.2) is 0 Å². The van der Waals surface area contributed by atoms with E-state index in [9.17, 15) is 4.79 Å². The molecular formula is C22H29N3O2. The number of benzene rings is 2. The van der Waals surface area contributed by atoms with Crippen LogP contribution in [-0.4, -0.2) is 50.6 Å². The summed E-state index contributed by atoms with van der Waals surface area (Å²) >= 11 is 0. The molecule has 2 aromatic rings. The molecule has 0 aliphatic carbocycles. The van der Waals surface area contributed by atoms with Crippen molar-refractivity contribution in [1.29, 1.82) is 0 Å². The molecule has 1 aliphatic heterocycles. The quantitative estimate of drug-likeness (QED) is 0.760. The minimum absolute atomic E-state index is 0.0319. The monoisotopic (exact) mass is 367 g/mol. The molecule has 2 aromatic carbocycles. The van der Waals surface area contributed by atoms with E-state index in [1.165, 1.54) is 5.56 Å². The lowest BCUT2D eigenvalue weighted by atomic mass is 10.2. The predicted molar refractivity (Wildman–Crippen MR) is 111 cm³/mol. The number of carbonyl (C=O) groups is 1. The lowest BCUT2D eigenvalue weighted by molar-refractivity contribution is -0.116. The topological polar surface area (TPSA) is 44.8 Å². The molecule has 5 nitrogen and oxygen atoms in total. The maximum Gasteiger partial charge on any atom is 0.224 e. The summed E-state index contributed by atoms with van der Waals surface area (Å²) in [4.78, 5) is 17.0. The van der Waals surface area contributed by atoms with E-state index in [1.54, 1.807) is 0 Å². The Balaban J connectivity index is 1.48. The van der Waals surface area contributed by atoms with Crippen LogP contribution in [0.4, 0.5) is 11.4 Å². The van der Waals surface area contributed by atoms with Crippen molar-refractivity contribution < 1.29 is 9.53 Å². The average molecular weight is 367 g/mol. The minimum atomic E-state index is 0.0319. The lowest BCUT2D eigenvalue weighted by Crippen LogP contribution is -2.44. The van der Waals surface area contributed by atoms with Crippen molar-refractivity contribution in [2.45, 2.75) is 19.8 Å². The summed E-state index contributed by atoms with van der Waals surface area (Å²) in [6.45, 7) is 6.62. The summed E-state index contributed by atoms with van der Waals surface area (Å²) in [6, 6.07) is 16.0. The van der Waals surface area contributed by atoms with Gasteiger partial charge in [-0.3, -0.25) is 4.79 Å². The van der Waals surface area contributed by atoms with Crippen molar-refractivity contribution in [2.24, 2.45) is 0 Å². The number of nitrogens with one attached hydrogen (secondary N) is 1. The van der Waals surface area contributed by atoms with Gasteiger partial charge in [0.15, 0.2) is 0 Å². The molecule has 144 valence electrons. The molecule has 0 saturated carbocycles. The van der Waals surface area contributed by atoms with E-state index in [2.05, 4.69) is 28.2 Å². The summed E-state index contributed by atoms with van der Waals surface area (Å²) in [5.74, 6) is 0.889. The van der Waals surface area contributed by atoms with Gasteiger partial charge < -0.3 is 19.9 Å². The second-order valence-corrected chi connectivity index (χ2v) is 7.12. The van der Waals surface area contributed by atoms with Gasteiger partial charge in [0, 0.05) is 32.6 Å². The first-order valence-electron chi connectivity index (χ1n) is 9.63. The standard InChI is InChI=1S/C22H29N3O2/c1-18-7-5-8-19(17-18)27-16-6-11-22(26)23-20-9-3-4-10-21(20)25-14-12-24(2)13-15-25/h3-5,7-10,17H,6,11-16H2,1-2H3,(H,23,26). The number of anilines is 2. The number of likely N-dealkylation sites (N-methyl/N-ethyl adjacent to an activating group) is 1. The Hall–Kier alpha value is -2.53. The minimum Gasteiger partial charge on any atom is -0.494 e. The Morgan fingerprint density at radius 3 is 2.63 bits per heavy atom. The summed E-state index contributed by atoms with van der Waals surface area (Å²) in [5, 5.41) is 3.08. The van der Waals surface area contributed by atoms with Crippen molar-refractivity contribution >= 4 is 17.3 Å². The highest BCUT2D eigenvalue weighted by atomic mass is 16.5. The molecule has 1 heterocycles. The summed E-state index contributed by atoms with van der Waals surface area (Å²) in [5.41, 5.74) is 3.17. The average Bonchev–Trinajstić information content (AvgIpc) is 2.67. The summed E-state index contributed by atoms with van der Waals surface area (Å²) < 4.78 is 5.72. The molecule has 0 aromatic heterocycles. The second kappa shape index (κ2) is 9.42. The van der Waals surface area contributed by atoms with Crippen LogP contribution in [0.2, 0.25) is 0 Å². The molecule has 0 atom stereocenters. The number of piperazine rings is 1. The van der Waals surface area contributed by atoms with Gasteiger partial charge in [-0.15, -0.1) is 0 Å². The zero-order valence-electron chi connectivity index (χ0n) is 16.3. The van der Waals surface area contributed by atoms with Gasteiger partial charge in [0.1, 0.15) is 5.75 Å². The molecule has 0 spiro atoms. The van der Waals surface area contributed by atoms with E-state index in [4.69, 9.17) is 4.74 Å². The first-order valence-corrected chi connectivity index (χ1v) is 9.63. The Morgan fingerprint density at radius 2 is 1.85 bits per heavy atom. The van der Waals surface area contributed by atoms with E-state index < -0.39 is 0 Å². The number of para-hydroxylation sites is 2. The lowest BCUT2D eigenvalue weighted by Gasteiger charge is -2.35. The molecule has 1 aliphatic rings. The Morgan fingerprint density at radius 1 is 1.07 bits per heavy atom. The van der Waals surface area contributed by atoms with Gasteiger partial charge >= 0.3 is 0 Å². The Labute approximate surface area is 161 Å². The van der Waals surface area contributed by atoms with Crippen LogP contribution in [0.15, 0.2) is 48.5 Å². The molecule has 0 radical (unpaired) electrons. The van der Waals surface area contributed by atoms with Crippen LogP contribution in [0, 0.1) is 6.92 Å². The molecule has 1 N–H and O–H groups in total. The van der Waals surface area contributed by atoms with Gasteiger partial charge in [-0.05, 0) is 50.2 Å². The molecule has 27 heavy (non-hydrogen) atoms. The number of amides is 1. The van der Waals surface area contributed by atoms with Crippen LogP contribution in [0.3, 0.4) is 0 Å². The van der Waals surface area contributed by atoms with Gasteiger partial charge in [0.25, 0.3) is 0 Å². The first kappa shape index (κ1) is 19.2. The highest BCUT2D eigenvalue weighted by molar-refractivity contribution is 5.94. The molecule has 1 amide bonds. The largest absolute Gasteiger partial charge is 0.494 e.